The van der Waals surface area contributed by atoms with Gasteiger partial charge >= 0.3 is 5.97 Å². The van der Waals surface area contributed by atoms with E-state index in [4.69, 9.17) is 5.11 Å². The molecule has 0 bridgehead atoms. The van der Waals surface area contributed by atoms with Crippen molar-refractivity contribution in [3.05, 3.63) is 0 Å². The lowest BCUT2D eigenvalue weighted by Crippen LogP contribution is -2.41. The molecule has 0 atom stereocenters. The molecule has 2 aliphatic rings. The van der Waals surface area contributed by atoms with Gasteiger partial charge in [0.1, 0.15) is 0 Å². The van der Waals surface area contributed by atoms with E-state index in [0.717, 1.165) is 32.2 Å². The van der Waals surface area contributed by atoms with Crippen molar-refractivity contribution in [1.29, 1.82) is 0 Å². The highest BCUT2D eigenvalue weighted by atomic mass is 16.4. The second-order valence-corrected chi connectivity index (χ2v) is 6.90. The Morgan fingerprint density at radius 1 is 1.05 bits per heavy atom. The fourth-order valence-electron chi connectivity index (χ4n) is 3.53. The molecule has 0 spiro atoms. The lowest BCUT2D eigenvalue weighted by Gasteiger charge is -2.38. The molecule has 4 heteroatoms. The molecule has 0 radical (unpaired) electrons. The van der Waals surface area contributed by atoms with Gasteiger partial charge in [-0.2, -0.15) is 0 Å². The van der Waals surface area contributed by atoms with E-state index in [1.54, 1.807) is 0 Å². The third-order valence-electron chi connectivity index (χ3n) is 5.00. The first kappa shape index (κ1) is 14.4. The van der Waals surface area contributed by atoms with E-state index >= 15 is 0 Å². The summed E-state index contributed by atoms with van der Waals surface area (Å²) < 4.78 is 0. The van der Waals surface area contributed by atoms with Crippen LogP contribution in [0.1, 0.15) is 64.7 Å². The Morgan fingerprint density at radius 3 is 2.16 bits per heavy atom. The highest BCUT2D eigenvalue weighted by Crippen LogP contribution is 2.44. The highest BCUT2D eigenvalue weighted by molar-refractivity contribution is 5.78. The number of carboxylic acids is 1. The minimum Gasteiger partial charge on any atom is -0.481 e. The van der Waals surface area contributed by atoms with Gasteiger partial charge in [0.15, 0.2) is 0 Å². The number of hydrogen-bond acceptors (Lipinski definition) is 2. The van der Waals surface area contributed by atoms with Crippen LogP contribution in [0, 0.1) is 10.8 Å². The summed E-state index contributed by atoms with van der Waals surface area (Å²) in [4.78, 5) is 23.1. The molecule has 0 unspecified atom stereocenters. The molecule has 0 aromatic carbocycles. The van der Waals surface area contributed by atoms with Gasteiger partial charge in [0.2, 0.25) is 5.91 Å². The van der Waals surface area contributed by atoms with Crippen LogP contribution in [-0.2, 0) is 9.59 Å². The predicted octanol–water partition coefficient (Wildman–Crippen LogP) is 2.72. The van der Waals surface area contributed by atoms with Crippen molar-refractivity contribution in [1.82, 2.24) is 5.32 Å². The van der Waals surface area contributed by atoms with Crippen LogP contribution < -0.4 is 5.32 Å². The molecule has 2 saturated carbocycles. The molecule has 0 heterocycles. The molecule has 19 heavy (non-hydrogen) atoms. The molecule has 2 aliphatic carbocycles. The number of aliphatic carboxylic acids is 1. The molecule has 0 aromatic rings. The summed E-state index contributed by atoms with van der Waals surface area (Å²) in [6.07, 6.45) is 8.02. The monoisotopic (exact) mass is 267 g/mol. The van der Waals surface area contributed by atoms with E-state index in [0.29, 0.717) is 6.42 Å². The SMILES string of the molecule is CC1(CNC(=O)CC2(CC(=O)O)CCCC2)CCC1. The Hall–Kier alpha value is -1.06. The second kappa shape index (κ2) is 5.51. The maximum atomic E-state index is 12.1. The third-order valence-corrected chi connectivity index (χ3v) is 5.00. The minimum atomic E-state index is -0.777. The molecule has 108 valence electrons. The topological polar surface area (TPSA) is 66.4 Å². The number of rotatable bonds is 6. The van der Waals surface area contributed by atoms with Crippen LogP contribution >= 0.6 is 0 Å². The van der Waals surface area contributed by atoms with Crippen molar-refractivity contribution in [2.75, 3.05) is 6.54 Å². The number of nitrogens with one attached hydrogen (secondary N) is 1. The summed E-state index contributed by atoms with van der Waals surface area (Å²) in [6, 6.07) is 0. The lowest BCUT2D eigenvalue weighted by atomic mass is 9.70. The summed E-state index contributed by atoms with van der Waals surface area (Å²) in [5.41, 5.74) is 0.00172. The zero-order valence-electron chi connectivity index (χ0n) is 11.8. The van der Waals surface area contributed by atoms with Gasteiger partial charge in [-0.1, -0.05) is 26.2 Å². The zero-order valence-corrected chi connectivity index (χ0v) is 11.8. The number of carbonyl (C=O) groups is 2. The van der Waals surface area contributed by atoms with Crippen LogP contribution in [0.25, 0.3) is 0 Å². The van der Waals surface area contributed by atoms with Gasteiger partial charge in [-0.3, -0.25) is 9.59 Å². The van der Waals surface area contributed by atoms with Crippen LogP contribution in [0.5, 0.6) is 0 Å². The molecule has 2 N–H and O–H groups in total. The van der Waals surface area contributed by atoms with E-state index in [1.807, 2.05) is 0 Å². The van der Waals surface area contributed by atoms with Crippen LogP contribution in [0.4, 0.5) is 0 Å². The number of hydrogen-bond donors (Lipinski definition) is 2. The van der Waals surface area contributed by atoms with Crippen molar-refractivity contribution < 1.29 is 14.7 Å². The Bertz CT molecular complexity index is 354. The quantitative estimate of drug-likeness (QED) is 0.777. The van der Waals surface area contributed by atoms with Gasteiger partial charge in [0, 0.05) is 13.0 Å². The maximum absolute atomic E-state index is 12.1. The second-order valence-electron chi connectivity index (χ2n) is 6.90. The maximum Gasteiger partial charge on any atom is 0.303 e. The molecule has 0 aliphatic heterocycles. The Morgan fingerprint density at radius 2 is 1.68 bits per heavy atom. The van der Waals surface area contributed by atoms with Gasteiger partial charge in [-0.15, -0.1) is 0 Å². The molecule has 4 nitrogen and oxygen atoms in total. The first-order chi connectivity index (χ1) is 8.93. The molecule has 0 aromatic heterocycles. The molecule has 2 rings (SSSR count). The molecule has 2 fully saturated rings. The van der Waals surface area contributed by atoms with Gasteiger partial charge in [0.05, 0.1) is 6.42 Å². The summed E-state index contributed by atoms with van der Waals surface area (Å²) in [5.74, 6) is -0.739. The largest absolute Gasteiger partial charge is 0.481 e. The van der Waals surface area contributed by atoms with Crippen molar-refractivity contribution in [3.8, 4) is 0 Å². The lowest BCUT2D eigenvalue weighted by molar-refractivity contribution is -0.140. The van der Waals surface area contributed by atoms with Crippen LogP contribution in [-0.4, -0.2) is 23.5 Å². The molecular formula is C15H25NO3. The zero-order chi connectivity index (χ0) is 13.9. The fourth-order valence-corrected chi connectivity index (χ4v) is 3.53. The number of carboxylic acid groups (broad SMARTS) is 1. The van der Waals surface area contributed by atoms with E-state index in [2.05, 4.69) is 12.2 Å². The third kappa shape index (κ3) is 3.71. The molecule has 0 saturated heterocycles. The van der Waals surface area contributed by atoms with E-state index in [9.17, 15) is 9.59 Å². The van der Waals surface area contributed by atoms with Crippen molar-refractivity contribution in [3.63, 3.8) is 0 Å². The van der Waals surface area contributed by atoms with Gasteiger partial charge < -0.3 is 10.4 Å². The van der Waals surface area contributed by atoms with Crippen molar-refractivity contribution in [2.24, 2.45) is 10.8 Å². The van der Waals surface area contributed by atoms with Gasteiger partial charge in [-0.25, -0.2) is 0 Å². The van der Waals surface area contributed by atoms with E-state index in [1.165, 1.54) is 19.3 Å². The summed E-state index contributed by atoms with van der Waals surface area (Å²) in [5, 5.41) is 12.0. The van der Waals surface area contributed by atoms with Gasteiger partial charge in [-0.05, 0) is 36.5 Å². The Kier molecular flexibility index (Phi) is 4.16. The average Bonchev–Trinajstić information content (AvgIpc) is 2.71. The fraction of sp³-hybridized carbons (Fsp3) is 0.867. The molecular weight excluding hydrogens is 242 g/mol. The molecule has 1 amide bonds. The standard InChI is InChI=1S/C15H25NO3/c1-14(5-4-6-14)11-16-12(17)9-15(10-13(18)19)7-2-3-8-15/h2-11H2,1H3,(H,16,17)(H,18,19). The Balaban J connectivity index is 1.83. The van der Waals surface area contributed by atoms with E-state index in [-0.39, 0.29) is 23.2 Å². The van der Waals surface area contributed by atoms with Crippen molar-refractivity contribution >= 4 is 11.9 Å². The number of amides is 1. The normalized spacial score (nSPS) is 23.6. The summed E-state index contributed by atoms with van der Waals surface area (Å²) in [6.45, 7) is 2.95. The first-order valence-electron chi connectivity index (χ1n) is 7.42. The average molecular weight is 267 g/mol. The minimum absolute atomic E-state index is 0.0382. The Labute approximate surface area is 115 Å². The van der Waals surface area contributed by atoms with Gasteiger partial charge in [0.25, 0.3) is 0 Å². The predicted molar refractivity (Wildman–Crippen MR) is 72.7 cm³/mol. The van der Waals surface area contributed by atoms with E-state index < -0.39 is 5.97 Å². The van der Waals surface area contributed by atoms with Crippen LogP contribution in [0.15, 0.2) is 0 Å². The first-order valence-corrected chi connectivity index (χ1v) is 7.42. The van der Waals surface area contributed by atoms with Crippen LogP contribution in [0.2, 0.25) is 0 Å². The van der Waals surface area contributed by atoms with Crippen LogP contribution in [0.3, 0.4) is 0 Å². The smallest absolute Gasteiger partial charge is 0.303 e. The summed E-state index contributed by atoms with van der Waals surface area (Å²) >= 11 is 0. The number of carbonyl (C=O) groups excluding carboxylic acids is 1. The summed E-state index contributed by atoms with van der Waals surface area (Å²) in [7, 11) is 0. The van der Waals surface area contributed by atoms with Crippen molar-refractivity contribution in [2.45, 2.75) is 64.7 Å². The highest BCUT2D eigenvalue weighted by Gasteiger charge is 2.38.